The van der Waals surface area contributed by atoms with Crippen LogP contribution in [0.2, 0.25) is 0 Å². The van der Waals surface area contributed by atoms with Crippen LogP contribution in [0.5, 0.6) is 0 Å². The number of amides is 1. The van der Waals surface area contributed by atoms with E-state index >= 15 is 0 Å². The van der Waals surface area contributed by atoms with Crippen molar-refractivity contribution >= 4 is 11.6 Å². The van der Waals surface area contributed by atoms with E-state index in [4.69, 9.17) is 4.42 Å². The highest BCUT2D eigenvalue weighted by molar-refractivity contribution is 5.96. The topological polar surface area (TPSA) is 68.0 Å². The average molecular weight is 383 g/mol. The summed E-state index contributed by atoms with van der Waals surface area (Å²) in [5.74, 6) is 0.638. The molecule has 0 aliphatic heterocycles. The molecule has 0 aliphatic carbocycles. The van der Waals surface area contributed by atoms with E-state index in [-0.39, 0.29) is 11.8 Å². The maximum atomic E-state index is 12.8. The number of benzene rings is 3. The smallest absolute Gasteiger partial charge is 0.248 e. The quantitative estimate of drug-likeness (QED) is 0.475. The molecule has 1 atom stereocenters. The third kappa shape index (κ3) is 4.24. The van der Waals surface area contributed by atoms with Crippen LogP contribution >= 0.6 is 0 Å². The van der Waals surface area contributed by atoms with Gasteiger partial charge in [0.25, 0.3) is 0 Å². The first-order valence-corrected chi connectivity index (χ1v) is 9.60. The summed E-state index contributed by atoms with van der Waals surface area (Å²) in [6, 6.07) is 26.9. The predicted octanol–water partition coefficient (Wildman–Crippen LogP) is 5.54. The Balaban J connectivity index is 1.53. The molecule has 1 amide bonds. The van der Waals surface area contributed by atoms with Crippen LogP contribution in [0.3, 0.4) is 0 Å². The summed E-state index contributed by atoms with van der Waals surface area (Å²) in [7, 11) is 0. The summed E-state index contributed by atoms with van der Waals surface area (Å²) in [5.41, 5.74) is 3.32. The maximum absolute atomic E-state index is 12.8. The van der Waals surface area contributed by atoms with E-state index in [1.807, 2.05) is 91.9 Å². The summed E-state index contributed by atoms with van der Waals surface area (Å²) in [6.07, 6.45) is 0.722. The lowest BCUT2D eigenvalue weighted by molar-refractivity contribution is -0.117. The molecule has 1 aromatic heterocycles. The number of carbonyl (C=O) groups excluding carboxylic acids is 1. The molecule has 0 saturated carbocycles. The molecule has 0 spiro atoms. The minimum Gasteiger partial charge on any atom is -0.416 e. The molecule has 0 aliphatic rings. The number of rotatable bonds is 6. The predicted molar refractivity (Wildman–Crippen MR) is 113 cm³/mol. The van der Waals surface area contributed by atoms with Crippen molar-refractivity contribution in [2.24, 2.45) is 0 Å². The average Bonchev–Trinajstić information content (AvgIpc) is 3.26. The number of hydrogen-bond acceptors (Lipinski definition) is 4. The van der Waals surface area contributed by atoms with E-state index in [0.29, 0.717) is 17.5 Å². The molecule has 0 radical (unpaired) electrons. The fourth-order valence-corrected chi connectivity index (χ4v) is 3.25. The molecule has 4 rings (SSSR count). The number of anilines is 1. The van der Waals surface area contributed by atoms with Crippen LogP contribution in [0.1, 0.15) is 24.8 Å². The van der Waals surface area contributed by atoms with Gasteiger partial charge in [0.05, 0.1) is 5.92 Å². The molecule has 5 nitrogen and oxygen atoms in total. The molecule has 0 fully saturated rings. The van der Waals surface area contributed by atoms with Gasteiger partial charge < -0.3 is 9.73 Å². The van der Waals surface area contributed by atoms with Crippen LogP contribution < -0.4 is 5.32 Å². The highest BCUT2D eigenvalue weighted by atomic mass is 16.4. The lowest BCUT2D eigenvalue weighted by Gasteiger charge is -2.15. The third-order valence-electron chi connectivity index (χ3n) is 4.75. The molecular weight excluding hydrogens is 362 g/mol. The van der Waals surface area contributed by atoms with Crippen LogP contribution in [0.15, 0.2) is 89.3 Å². The van der Waals surface area contributed by atoms with Gasteiger partial charge in [0.2, 0.25) is 17.7 Å². The summed E-state index contributed by atoms with van der Waals surface area (Å²) in [6.45, 7) is 2.01. The number of carbonyl (C=O) groups is 1. The van der Waals surface area contributed by atoms with Crippen molar-refractivity contribution in [2.45, 2.75) is 19.3 Å². The van der Waals surface area contributed by atoms with Crippen LogP contribution in [0, 0.1) is 0 Å². The Labute approximate surface area is 169 Å². The Kier molecular flexibility index (Phi) is 5.47. The Morgan fingerprint density at radius 2 is 1.48 bits per heavy atom. The lowest BCUT2D eigenvalue weighted by atomic mass is 9.95. The number of nitrogens with one attached hydrogen (secondary N) is 1. The lowest BCUT2D eigenvalue weighted by Crippen LogP contribution is -2.20. The molecule has 0 saturated heterocycles. The number of hydrogen-bond donors (Lipinski definition) is 1. The molecule has 144 valence electrons. The molecular formula is C24H21N3O2. The van der Waals surface area contributed by atoms with E-state index in [0.717, 1.165) is 23.1 Å². The van der Waals surface area contributed by atoms with Gasteiger partial charge in [-0.1, -0.05) is 61.5 Å². The van der Waals surface area contributed by atoms with Crippen LogP contribution in [0.25, 0.3) is 22.9 Å². The zero-order chi connectivity index (χ0) is 20.1. The monoisotopic (exact) mass is 383 g/mol. The zero-order valence-corrected chi connectivity index (χ0v) is 16.1. The van der Waals surface area contributed by atoms with Crippen molar-refractivity contribution in [3.05, 3.63) is 90.5 Å². The molecule has 1 N–H and O–H groups in total. The SMILES string of the molecule is CCC(C(=O)Nc1cccc(-c2nnc(-c3ccccc3)o2)c1)c1ccccc1. The second-order valence-corrected chi connectivity index (χ2v) is 6.72. The van der Waals surface area contributed by atoms with Crippen molar-refractivity contribution in [1.82, 2.24) is 10.2 Å². The largest absolute Gasteiger partial charge is 0.416 e. The number of nitrogens with zero attached hydrogens (tertiary/aromatic N) is 2. The van der Waals surface area contributed by atoms with Gasteiger partial charge in [-0.25, -0.2) is 0 Å². The highest BCUT2D eigenvalue weighted by Gasteiger charge is 2.19. The summed E-state index contributed by atoms with van der Waals surface area (Å²) in [5, 5.41) is 11.3. The van der Waals surface area contributed by atoms with E-state index in [9.17, 15) is 4.79 Å². The van der Waals surface area contributed by atoms with Crippen LogP contribution in [-0.2, 0) is 4.79 Å². The Hall–Kier alpha value is -3.73. The fourth-order valence-electron chi connectivity index (χ4n) is 3.25. The minimum atomic E-state index is -0.201. The Bertz CT molecular complexity index is 1090. The van der Waals surface area contributed by atoms with E-state index < -0.39 is 0 Å². The summed E-state index contributed by atoms with van der Waals surface area (Å²) < 4.78 is 5.82. The normalized spacial score (nSPS) is 11.8. The first-order valence-electron chi connectivity index (χ1n) is 9.60. The first-order chi connectivity index (χ1) is 14.2. The molecule has 0 bridgehead atoms. The molecule has 5 heteroatoms. The molecule has 3 aromatic carbocycles. The molecule has 29 heavy (non-hydrogen) atoms. The third-order valence-corrected chi connectivity index (χ3v) is 4.75. The second kappa shape index (κ2) is 8.52. The van der Waals surface area contributed by atoms with E-state index in [1.54, 1.807) is 0 Å². The van der Waals surface area contributed by atoms with Crippen LogP contribution in [-0.4, -0.2) is 16.1 Å². The highest BCUT2D eigenvalue weighted by Crippen LogP contribution is 2.27. The molecule has 4 aromatic rings. The van der Waals surface area contributed by atoms with Gasteiger partial charge in [0.15, 0.2) is 0 Å². The van der Waals surface area contributed by atoms with Crippen molar-refractivity contribution in [3.8, 4) is 22.9 Å². The van der Waals surface area contributed by atoms with Gasteiger partial charge in [0, 0.05) is 16.8 Å². The second-order valence-electron chi connectivity index (χ2n) is 6.72. The minimum absolute atomic E-state index is 0.0358. The van der Waals surface area contributed by atoms with Gasteiger partial charge in [-0.05, 0) is 42.3 Å². The van der Waals surface area contributed by atoms with Crippen molar-refractivity contribution in [3.63, 3.8) is 0 Å². The van der Waals surface area contributed by atoms with Gasteiger partial charge in [-0.3, -0.25) is 4.79 Å². The first kappa shape index (κ1) is 18.6. The van der Waals surface area contributed by atoms with Gasteiger partial charge in [-0.2, -0.15) is 0 Å². The maximum Gasteiger partial charge on any atom is 0.248 e. The van der Waals surface area contributed by atoms with Gasteiger partial charge >= 0.3 is 0 Å². The fraction of sp³-hybridized carbons (Fsp3) is 0.125. The zero-order valence-electron chi connectivity index (χ0n) is 16.1. The number of aromatic nitrogens is 2. The van der Waals surface area contributed by atoms with Gasteiger partial charge in [0.1, 0.15) is 0 Å². The van der Waals surface area contributed by atoms with Crippen molar-refractivity contribution in [1.29, 1.82) is 0 Å². The van der Waals surface area contributed by atoms with Crippen molar-refractivity contribution in [2.75, 3.05) is 5.32 Å². The van der Waals surface area contributed by atoms with Crippen LogP contribution in [0.4, 0.5) is 5.69 Å². The summed E-state index contributed by atoms with van der Waals surface area (Å²) >= 11 is 0. The van der Waals surface area contributed by atoms with Crippen molar-refractivity contribution < 1.29 is 9.21 Å². The summed E-state index contributed by atoms with van der Waals surface area (Å²) in [4.78, 5) is 12.8. The Morgan fingerprint density at radius 1 is 0.862 bits per heavy atom. The Morgan fingerprint density at radius 3 is 2.17 bits per heavy atom. The van der Waals surface area contributed by atoms with E-state index in [2.05, 4.69) is 15.5 Å². The van der Waals surface area contributed by atoms with Gasteiger partial charge in [-0.15, -0.1) is 10.2 Å². The van der Waals surface area contributed by atoms with E-state index in [1.165, 1.54) is 0 Å². The molecule has 1 unspecified atom stereocenters. The molecule has 1 heterocycles. The standard InChI is InChI=1S/C24H21N3O2/c1-2-21(17-10-5-3-6-11-17)22(28)25-20-15-9-14-19(16-20)24-27-26-23(29-24)18-12-7-4-8-13-18/h3-16,21H,2H2,1H3,(H,25,28).